The molecule has 0 spiro atoms. The summed E-state index contributed by atoms with van der Waals surface area (Å²) in [6.45, 7) is 9.62. The Hall–Kier alpha value is -1.07. The lowest BCUT2D eigenvalue weighted by Gasteiger charge is -2.34. The molecule has 1 aromatic carbocycles. The molecule has 5 heteroatoms. The quantitative estimate of drug-likeness (QED) is 0.858. The number of hydrogen-bond donors (Lipinski definition) is 0. The summed E-state index contributed by atoms with van der Waals surface area (Å²) in [5.74, 6) is 1.24. The lowest BCUT2D eigenvalue weighted by atomic mass is 9.94. The zero-order valence-electron chi connectivity index (χ0n) is 13.3. The highest BCUT2D eigenvalue weighted by molar-refractivity contribution is 7.89. The Morgan fingerprint density at radius 2 is 1.86 bits per heavy atom. The van der Waals surface area contributed by atoms with Gasteiger partial charge in [-0.2, -0.15) is 4.31 Å². The molecule has 1 fully saturated rings. The van der Waals surface area contributed by atoms with E-state index in [4.69, 9.17) is 4.74 Å². The fourth-order valence-corrected chi connectivity index (χ4v) is 4.93. The van der Waals surface area contributed by atoms with Crippen molar-refractivity contribution in [1.82, 2.24) is 4.31 Å². The van der Waals surface area contributed by atoms with E-state index < -0.39 is 10.0 Å². The van der Waals surface area contributed by atoms with E-state index in [1.807, 2.05) is 19.9 Å². The average Bonchev–Trinajstić information content (AvgIpc) is 2.40. The Bertz CT molecular complexity index is 588. The first-order valence-corrected chi connectivity index (χ1v) is 9.02. The summed E-state index contributed by atoms with van der Waals surface area (Å²) in [4.78, 5) is 0.297. The van der Waals surface area contributed by atoms with Crippen LogP contribution >= 0.6 is 0 Å². The van der Waals surface area contributed by atoms with Gasteiger partial charge in [-0.15, -0.1) is 0 Å². The Labute approximate surface area is 128 Å². The molecule has 1 aliphatic heterocycles. The van der Waals surface area contributed by atoms with Crippen molar-refractivity contribution in [2.24, 2.45) is 11.8 Å². The normalized spacial score (nSPS) is 24.0. The summed E-state index contributed by atoms with van der Waals surface area (Å²) >= 11 is 0. The van der Waals surface area contributed by atoms with Crippen LogP contribution in [0.3, 0.4) is 0 Å². The zero-order valence-corrected chi connectivity index (χ0v) is 14.1. The molecule has 0 N–H and O–H groups in total. The van der Waals surface area contributed by atoms with Crippen molar-refractivity contribution < 1.29 is 13.2 Å². The van der Waals surface area contributed by atoms with Crippen molar-refractivity contribution in [1.29, 1.82) is 0 Å². The van der Waals surface area contributed by atoms with Gasteiger partial charge in [0.2, 0.25) is 10.0 Å². The summed E-state index contributed by atoms with van der Waals surface area (Å²) in [7, 11) is -3.49. The first-order valence-electron chi connectivity index (χ1n) is 7.58. The molecular weight excluding hydrogens is 286 g/mol. The number of hydrogen-bond acceptors (Lipinski definition) is 3. The Kier molecular flexibility index (Phi) is 4.94. The molecule has 0 aromatic heterocycles. The standard InChI is InChI=1S/C16H25NO3S/c1-5-20-15-7-6-12(2)9-16(15)21(18,19)17-10-13(3)8-14(4)11-17/h6-7,9,13-14H,5,8,10-11H2,1-4H3/t13-,14+. The fraction of sp³-hybridized carbons (Fsp3) is 0.625. The van der Waals surface area contributed by atoms with Gasteiger partial charge in [0.05, 0.1) is 6.61 Å². The lowest BCUT2D eigenvalue weighted by molar-refractivity contribution is 0.222. The number of rotatable bonds is 4. The lowest BCUT2D eigenvalue weighted by Crippen LogP contribution is -2.42. The van der Waals surface area contributed by atoms with Crippen molar-refractivity contribution in [2.75, 3.05) is 19.7 Å². The molecule has 1 aromatic rings. The number of ether oxygens (including phenoxy) is 1. The highest BCUT2D eigenvalue weighted by Crippen LogP contribution is 2.32. The third-order valence-electron chi connectivity index (χ3n) is 3.85. The second-order valence-corrected chi connectivity index (χ2v) is 8.06. The molecular formula is C16H25NO3S. The number of piperidine rings is 1. The van der Waals surface area contributed by atoms with Crippen LogP contribution in [0.15, 0.2) is 23.1 Å². The van der Waals surface area contributed by atoms with Gasteiger partial charge in [0.15, 0.2) is 0 Å². The average molecular weight is 311 g/mol. The van der Waals surface area contributed by atoms with Gasteiger partial charge in [-0.3, -0.25) is 0 Å². The molecule has 21 heavy (non-hydrogen) atoms. The molecule has 0 aliphatic carbocycles. The molecule has 2 rings (SSSR count). The van der Waals surface area contributed by atoms with Crippen molar-refractivity contribution in [2.45, 2.75) is 39.0 Å². The first-order chi connectivity index (χ1) is 9.84. The van der Waals surface area contributed by atoms with Crippen LogP contribution in [0.25, 0.3) is 0 Å². The maximum atomic E-state index is 13.0. The van der Waals surface area contributed by atoms with Crippen LogP contribution in [0, 0.1) is 18.8 Å². The maximum absolute atomic E-state index is 13.0. The molecule has 1 aliphatic rings. The minimum atomic E-state index is -3.49. The Morgan fingerprint density at radius 3 is 2.43 bits per heavy atom. The molecule has 0 radical (unpaired) electrons. The molecule has 4 nitrogen and oxygen atoms in total. The number of benzene rings is 1. The molecule has 1 saturated heterocycles. The van der Waals surface area contributed by atoms with Crippen LogP contribution in [-0.2, 0) is 10.0 Å². The van der Waals surface area contributed by atoms with Crippen molar-refractivity contribution >= 4 is 10.0 Å². The molecule has 0 bridgehead atoms. The highest BCUT2D eigenvalue weighted by atomic mass is 32.2. The van der Waals surface area contributed by atoms with Gasteiger partial charge in [0.25, 0.3) is 0 Å². The van der Waals surface area contributed by atoms with Gasteiger partial charge in [-0.1, -0.05) is 19.9 Å². The van der Waals surface area contributed by atoms with Gasteiger partial charge in [-0.25, -0.2) is 8.42 Å². The van der Waals surface area contributed by atoms with Crippen LogP contribution in [0.1, 0.15) is 32.8 Å². The van der Waals surface area contributed by atoms with E-state index in [1.54, 1.807) is 16.4 Å². The van der Waals surface area contributed by atoms with E-state index in [2.05, 4.69) is 13.8 Å². The first kappa shape index (κ1) is 16.3. The van der Waals surface area contributed by atoms with Crippen LogP contribution in [0.5, 0.6) is 5.75 Å². The number of nitrogens with zero attached hydrogens (tertiary/aromatic N) is 1. The van der Waals surface area contributed by atoms with Crippen LogP contribution < -0.4 is 4.74 Å². The van der Waals surface area contributed by atoms with E-state index in [9.17, 15) is 8.42 Å². The van der Waals surface area contributed by atoms with E-state index in [0.717, 1.165) is 12.0 Å². The smallest absolute Gasteiger partial charge is 0.246 e. The molecule has 1 heterocycles. The Morgan fingerprint density at radius 1 is 1.24 bits per heavy atom. The minimum Gasteiger partial charge on any atom is -0.492 e. The van der Waals surface area contributed by atoms with Crippen molar-refractivity contribution in [3.8, 4) is 5.75 Å². The fourth-order valence-electron chi connectivity index (χ4n) is 3.03. The molecule has 0 amide bonds. The van der Waals surface area contributed by atoms with Crippen LogP contribution in [0.4, 0.5) is 0 Å². The summed E-state index contributed by atoms with van der Waals surface area (Å²) in [5, 5.41) is 0. The van der Waals surface area contributed by atoms with Gasteiger partial charge in [0.1, 0.15) is 10.6 Å². The molecule has 2 atom stereocenters. The van der Waals surface area contributed by atoms with Crippen molar-refractivity contribution in [3.05, 3.63) is 23.8 Å². The highest BCUT2D eigenvalue weighted by Gasteiger charge is 2.33. The third-order valence-corrected chi connectivity index (χ3v) is 5.71. The van der Waals surface area contributed by atoms with Gasteiger partial charge in [0, 0.05) is 13.1 Å². The maximum Gasteiger partial charge on any atom is 0.246 e. The third kappa shape index (κ3) is 3.58. The predicted molar refractivity (Wildman–Crippen MR) is 84.1 cm³/mol. The molecule has 118 valence electrons. The van der Waals surface area contributed by atoms with E-state index >= 15 is 0 Å². The summed E-state index contributed by atoms with van der Waals surface area (Å²) < 4.78 is 33.1. The van der Waals surface area contributed by atoms with Crippen LogP contribution in [-0.4, -0.2) is 32.4 Å². The van der Waals surface area contributed by atoms with E-state index in [-0.39, 0.29) is 0 Å². The Balaban J connectivity index is 2.41. The molecule has 0 unspecified atom stereocenters. The topological polar surface area (TPSA) is 46.6 Å². The van der Waals surface area contributed by atoms with Gasteiger partial charge < -0.3 is 4.74 Å². The van der Waals surface area contributed by atoms with E-state index in [0.29, 0.717) is 42.2 Å². The predicted octanol–water partition coefficient (Wildman–Crippen LogP) is 3.06. The van der Waals surface area contributed by atoms with Crippen LogP contribution in [0.2, 0.25) is 0 Å². The molecule has 0 saturated carbocycles. The second-order valence-electron chi connectivity index (χ2n) is 6.15. The number of sulfonamides is 1. The summed E-state index contributed by atoms with van der Waals surface area (Å²) in [5.41, 5.74) is 0.926. The minimum absolute atomic E-state index is 0.297. The number of aryl methyl sites for hydroxylation is 1. The van der Waals surface area contributed by atoms with Crippen molar-refractivity contribution in [3.63, 3.8) is 0 Å². The SMILES string of the molecule is CCOc1ccc(C)cc1S(=O)(=O)N1C[C@H](C)C[C@H](C)C1. The second kappa shape index (κ2) is 6.36. The zero-order chi connectivity index (χ0) is 15.6. The van der Waals surface area contributed by atoms with E-state index in [1.165, 1.54) is 0 Å². The van der Waals surface area contributed by atoms with Gasteiger partial charge in [-0.05, 0) is 49.8 Å². The van der Waals surface area contributed by atoms with Gasteiger partial charge >= 0.3 is 0 Å². The summed E-state index contributed by atoms with van der Waals surface area (Å²) in [6.07, 6.45) is 1.08. The monoisotopic (exact) mass is 311 g/mol. The summed E-state index contributed by atoms with van der Waals surface area (Å²) in [6, 6.07) is 5.35. The largest absolute Gasteiger partial charge is 0.492 e.